The number of aromatic nitrogens is 2. The van der Waals surface area contributed by atoms with Gasteiger partial charge in [0.25, 0.3) is 0 Å². The molecule has 2 aromatic rings. The molecule has 0 spiro atoms. The fourth-order valence-corrected chi connectivity index (χ4v) is 2.47. The highest BCUT2D eigenvalue weighted by Gasteiger charge is 2.18. The molecule has 1 aromatic carbocycles. The molecule has 0 saturated carbocycles. The Morgan fingerprint density at radius 2 is 2.41 bits per heavy atom. The fourth-order valence-electron chi connectivity index (χ4n) is 2.31. The van der Waals surface area contributed by atoms with Gasteiger partial charge < -0.3 is 15.0 Å². The second-order valence-electron chi connectivity index (χ2n) is 4.35. The lowest BCUT2D eigenvalue weighted by molar-refractivity contribution is 0.0984. The van der Waals surface area contributed by atoms with Gasteiger partial charge in [0.05, 0.1) is 23.7 Å². The summed E-state index contributed by atoms with van der Waals surface area (Å²) in [6.45, 7) is 1.62. The number of nitrogens with zero attached hydrogens (tertiary/aromatic N) is 2. The number of benzene rings is 1. The SMILES string of the molecule is Nc1nc2cc(Cl)ccc2n1CC1CCCO1. The van der Waals surface area contributed by atoms with Gasteiger partial charge in [0.1, 0.15) is 0 Å². The summed E-state index contributed by atoms with van der Waals surface area (Å²) in [5, 5.41) is 0.680. The smallest absolute Gasteiger partial charge is 0.201 e. The Hall–Kier alpha value is -1.26. The van der Waals surface area contributed by atoms with Crippen molar-refractivity contribution in [3.05, 3.63) is 23.2 Å². The number of imidazole rings is 1. The maximum atomic E-state index is 5.94. The summed E-state index contributed by atoms with van der Waals surface area (Å²) in [6.07, 6.45) is 2.47. The van der Waals surface area contributed by atoms with Crippen LogP contribution in [-0.4, -0.2) is 22.3 Å². The molecular weight excluding hydrogens is 238 g/mol. The van der Waals surface area contributed by atoms with Crippen molar-refractivity contribution in [1.29, 1.82) is 0 Å². The first-order valence-corrected chi connectivity index (χ1v) is 6.15. The van der Waals surface area contributed by atoms with E-state index in [4.69, 9.17) is 22.1 Å². The van der Waals surface area contributed by atoms with Gasteiger partial charge in [-0.25, -0.2) is 4.98 Å². The summed E-state index contributed by atoms with van der Waals surface area (Å²) in [5.74, 6) is 0.526. The van der Waals surface area contributed by atoms with E-state index in [0.717, 1.165) is 37.0 Å². The molecule has 3 rings (SSSR count). The molecule has 90 valence electrons. The first-order chi connectivity index (χ1) is 8.24. The number of nitrogens with two attached hydrogens (primary N) is 1. The van der Waals surface area contributed by atoms with Gasteiger partial charge in [0.15, 0.2) is 0 Å². The third-order valence-electron chi connectivity index (χ3n) is 3.15. The van der Waals surface area contributed by atoms with Crippen molar-refractivity contribution in [2.75, 3.05) is 12.3 Å². The third-order valence-corrected chi connectivity index (χ3v) is 3.39. The topological polar surface area (TPSA) is 53.1 Å². The number of nitrogen functional groups attached to an aromatic ring is 1. The molecule has 1 atom stereocenters. The van der Waals surface area contributed by atoms with Crippen LogP contribution in [0.3, 0.4) is 0 Å². The van der Waals surface area contributed by atoms with Crippen LogP contribution in [0.2, 0.25) is 5.02 Å². The minimum Gasteiger partial charge on any atom is -0.376 e. The second-order valence-corrected chi connectivity index (χ2v) is 4.79. The van der Waals surface area contributed by atoms with Crippen LogP contribution in [0.5, 0.6) is 0 Å². The van der Waals surface area contributed by atoms with E-state index < -0.39 is 0 Å². The zero-order valence-electron chi connectivity index (χ0n) is 9.40. The van der Waals surface area contributed by atoms with Gasteiger partial charge >= 0.3 is 0 Å². The number of ether oxygens (including phenoxy) is 1. The van der Waals surface area contributed by atoms with Gasteiger partial charge in [-0.2, -0.15) is 0 Å². The first-order valence-electron chi connectivity index (χ1n) is 5.77. The van der Waals surface area contributed by atoms with E-state index in [0.29, 0.717) is 11.0 Å². The van der Waals surface area contributed by atoms with Crippen molar-refractivity contribution in [1.82, 2.24) is 9.55 Å². The van der Waals surface area contributed by atoms with E-state index >= 15 is 0 Å². The Kier molecular flexibility index (Phi) is 2.68. The molecule has 4 nitrogen and oxygen atoms in total. The molecule has 17 heavy (non-hydrogen) atoms. The lowest BCUT2D eigenvalue weighted by Crippen LogP contribution is -2.16. The quantitative estimate of drug-likeness (QED) is 0.892. The van der Waals surface area contributed by atoms with Crippen LogP contribution in [0.1, 0.15) is 12.8 Å². The summed E-state index contributed by atoms with van der Waals surface area (Å²) < 4.78 is 7.63. The van der Waals surface area contributed by atoms with Crippen LogP contribution in [0, 0.1) is 0 Å². The molecular formula is C12H14ClN3O. The molecule has 5 heteroatoms. The van der Waals surface area contributed by atoms with E-state index in [1.54, 1.807) is 0 Å². The van der Waals surface area contributed by atoms with Crippen molar-refractivity contribution >= 4 is 28.6 Å². The van der Waals surface area contributed by atoms with Gasteiger partial charge in [0.2, 0.25) is 5.95 Å². The predicted molar refractivity (Wildman–Crippen MR) is 68.1 cm³/mol. The lowest BCUT2D eigenvalue weighted by Gasteiger charge is -2.12. The number of hydrogen-bond donors (Lipinski definition) is 1. The Morgan fingerprint density at radius 1 is 1.53 bits per heavy atom. The van der Waals surface area contributed by atoms with E-state index in [-0.39, 0.29) is 6.10 Å². The lowest BCUT2D eigenvalue weighted by atomic mass is 10.2. The standard InChI is InChI=1S/C12H14ClN3O/c13-8-3-4-11-10(6-8)15-12(14)16(11)7-9-2-1-5-17-9/h3-4,6,9H,1-2,5,7H2,(H2,14,15). The number of hydrogen-bond acceptors (Lipinski definition) is 3. The van der Waals surface area contributed by atoms with Crippen LogP contribution in [0.25, 0.3) is 11.0 Å². The predicted octanol–water partition coefficient (Wildman–Crippen LogP) is 2.45. The van der Waals surface area contributed by atoms with Crippen LogP contribution in [0.15, 0.2) is 18.2 Å². The molecule has 0 bridgehead atoms. The normalized spacial score (nSPS) is 20.2. The molecule has 2 heterocycles. The molecule has 1 aliphatic heterocycles. The number of rotatable bonds is 2. The Bertz CT molecular complexity index is 546. The molecule has 1 saturated heterocycles. The van der Waals surface area contributed by atoms with E-state index in [9.17, 15) is 0 Å². The van der Waals surface area contributed by atoms with Crippen LogP contribution in [-0.2, 0) is 11.3 Å². The molecule has 0 aliphatic carbocycles. The maximum Gasteiger partial charge on any atom is 0.201 e. The van der Waals surface area contributed by atoms with E-state index in [1.807, 2.05) is 22.8 Å². The largest absolute Gasteiger partial charge is 0.376 e. The fraction of sp³-hybridized carbons (Fsp3) is 0.417. The van der Waals surface area contributed by atoms with Crippen molar-refractivity contribution in [2.24, 2.45) is 0 Å². The van der Waals surface area contributed by atoms with Crippen molar-refractivity contribution in [3.8, 4) is 0 Å². The Morgan fingerprint density at radius 3 is 3.18 bits per heavy atom. The van der Waals surface area contributed by atoms with E-state index in [1.165, 1.54) is 0 Å². The third kappa shape index (κ3) is 1.98. The summed E-state index contributed by atoms with van der Waals surface area (Å²) in [5.41, 5.74) is 7.79. The molecule has 2 N–H and O–H groups in total. The first kappa shape index (κ1) is 10.9. The number of halogens is 1. The zero-order valence-corrected chi connectivity index (χ0v) is 10.2. The molecule has 1 fully saturated rings. The molecule has 0 amide bonds. The highest BCUT2D eigenvalue weighted by molar-refractivity contribution is 6.31. The van der Waals surface area contributed by atoms with Gasteiger partial charge in [-0.3, -0.25) is 0 Å². The van der Waals surface area contributed by atoms with Crippen LogP contribution < -0.4 is 5.73 Å². The molecule has 1 aromatic heterocycles. The second kappa shape index (κ2) is 4.20. The molecule has 1 aliphatic rings. The average Bonchev–Trinajstić information content (AvgIpc) is 2.88. The zero-order chi connectivity index (χ0) is 11.8. The van der Waals surface area contributed by atoms with Crippen molar-refractivity contribution in [2.45, 2.75) is 25.5 Å². The number of anilines is 1. The van der Waals surface area contributed by atoms with Crippen molar-refractivity contribution < 1.29 is 4.74 Å². The molecule has 0 radical (unpaired) electrons. The summed E-state index contributed by atoms with van der Waals surface area (Å²) >= 11 is 5.94. The summed E-state index contributed by atoms with van der Waals surface area (Å²) in [4.78, 5) is 4.32. The van der Waals surface area contributed by atoms with Gasteiger partial charge in [0, 0.05) is 11.6 Å². The van der Waals surface area contributed by atoms with Gasteiger partial charge in [-0.15, -0.1) is 0 Å². The number of fused-ring (bicyclic) bond motifs is 1. The van der Waals surface area contributed by atoms with Crippen LogP contribution in [0.4, 0.5) is 5.95 Å². The highest BCUT2D eigenvalue weighted by Crippen LogP contribution is 2.24. The monoisotopic (exact) mass is 251 g/mol. The van der Waals surface area contributed by atoms with E-state index in [2.05, 4.69) is 4.98 Å². The van der Waals surface area contributed by atoms with Crippen molar-refractivity contribution in [3.63, 3.8) is 0 Å². The molecule has 1 unspecified atom stereocenters. The minimum absolute atomic E-state index is 0.255. The average molecular weight is 252 g/mol. The highest BCUT2D eigenvalue weighted by atomic mass is 35.5. The summed E-state index contributed by atoms with van der Waals surface area (Å²) in [7, 11) is 0. The minimum atomic E-state index is 0.255. The maximum absolute atomic E-state index is 5.94. The summed E-state index contributed by atoms with van der Waals surface area (Å²) in [6, 6.07) is 5.65. The Balaban J connectivity index is 1.99. The van der Waals surface area contributed by atoms with Gasteiger partial charge in [-0.05, 0) is 31.0 Å². The van der Waals surface area contributed by atoms with Gasteiger partial charge in [-0.1, -0.05) is 11.6 Å². The Labute approximate surface area is 104 Å². The van der Waals surface area contributed by atoms with Crippen LogP contribution >= 0.6 is 11.6 Å².